The third kappa shape index (κ3) is 7.36. The van der Waals surface area contributed by atoms with E-state index in [2.05, 4.69) is 51.2 Å². The van der Waals surface area contributed by atoms with Gasteiger partial charge in [-0.1, -0.05) is 72.0 Å². The summed E-state index contributed by atoms with van der Waals surface area (Å²) < 4.78 is -0.528. The van der Waals surface area contributed by atoms with Gasteiger partial charge in [0.25, 0.3) is 0 Å². The number of halogens is 1. The van der Waals surface area contributed by atoms with Crippen molar-refractivity contribution in [2.45, 2.75) is 94.9 Å². The molecule has 0 aromatic heterocycles. The molecule has 0 aromatic carbocycles. The third-order valence-electron chi connectivity index (χ3n) is 4.42. The Morgan fingerprint density at radius 3 is 1.95 bits per heavy atom. The van der Waals surface area contributed by atoms with Gasteiger partial charge in [-0.15, -0.1) is 0 Å². The zero-order valence-electron chi connectivity index (χ0n) is 13.6. The summed E-state index contributed by atoms with van der Waals surface area (Å²) >= 11 is 2.32. The molecule has 0 aliphatic heterocycles. The van der Waals surface area contributed by atoms with Crippen LogP contribution >= 0.6 is 22.6 Å². The molecule has 1 unspecified atom stereocenters. The molecule has 0 saturated carbocycles. The molecule has 0 spiro atoms. The lowest BCUT2D eigenvalue weighted by atomic mass is 9.73. The van der Waals surface area contributed by atoms with Crippen LogP contribution in [0.25, 0.3) is 0 Å². The molecule has 0 fully saturated rings. The second kappa shape index (κ2) is 10.5. The first kappa shape index (κ1) is 19.8. The zero-order chi connectivity index (χ0) is 14.8. The Morgan fingerprint density at radius 1 is 0.895 bits per heavy atom. The van der Waals surface area contributed by atoms with Crippen LogP contribution in [0.4, 0.5) is 0 Å². The van der Waals surface area contributed by atoms with E-state index in [-0.39, 0.29) is 5.41 Å². The van der Waals surface area contributed by atoms with E-state index in [9.17, 15) is 5.11 Å². The van der Waals surface area contributed by atoms with Crippen LogP contribution in [0.3, 0.4) is 0 Å². The van der Waals surface area contributed by atoms with E-state index in [0.717, 1.165) is 19.2 Å². The summed E-state index contributed by atoms with van der Waals surface area (Å²) in [6.07, 6.45) is 13.4. The first-order chi connectivity index (χ1) is 8.93. The second-order valence-electron chi connectivity index (χ2n) is 6.34. The van der Waals surface area contributed by atoms with Crippen LogP contribution in [0.5, 0.6) is 0 Å². The summed E-state index contributed by atoms with van der Waals surface area (Å²) in [7, 11) is 2.17. The number of unbranched alkanes of at least 4 members (excludes halogenated alkanes) is 5. The molecule has 2 atom stereocenters. The van der Waals surface area contributed by atoms with Crippen molar-refractivity contribution in [1.29, 1.82) is 0 Å². The van der Waals surface area contributed by atoms with Crippen molar-refractivity contribution in [3.05, 3.63) is 0 Å². The minimum absolute atomic E-state index is 0.0891. The normalized spacial score (nSPS) is 17.9. The van der Waals surface area contributed by atoms with Crippen LogP contribution in [-0.2, 0) is 0 Å². The summed E-state index contributed by atoms with van der Waals surface area (Å²) in [5.41, 5.74) is 0.0891. The molecular formula is C16H34BIO. The number of alkyl halides is 1. The van der Waals surface area contributed by atoms with Crippen molar-refractivity contribution < 1.29 is 5.11 Å². The summed E-state index contributed by atoms with van der Waals surface area (Å²) in [5.74, 6) is 0. The molecule has 0 aliphatic carbocycles. The first-order valence-electron chi connectivity index (χ1n) is 8.34. The van der Waals surface area contributed by atoms with Crippen LogP contribution in [0.15, 0.2) is 0 Å². The van der Waals surface area contributed by atoms with Crippen LogP contribution in [-0.4, -0.2) is 16.6 Å². The molecule has 0 aliphatic rings. The maximum absolute atomic E-state index is 10.8. The fourth-order valence-electron chi connectivity index (χ4n) is 2.83. The second-order valence-corrected chi connectivity index (χ2v) is 8.12. The lowest BCUT2D eigenvalue weighted by Crippen LogP contribution is -2.41. The highest BCUT2D eigenvalue weighted by atomic mass is 127. The predicted octanol–water partition coefficient (Wildman–Crippen LogP) is 5.11. The number of hydrogen-bond acceptors (Lipinski definition) is 1. The van der Waals surface area contributed by atoms with Crippen molar-refractivity contribution >= 4 is 30.4 Å². The van der Waals surface area contributed by atoms with E-state index in [4.69, 9.17) is 0 Å². The minimum Gasteiger partial charge on any atom is -0.379 e. The smallest absolute Gasteiger partial charge is 0.120 e. The molecule has 0 amide bonds. The van der Waals surface area contributed by atoms with Gasteiger partial charge in [0.15, 0.2) is 0 Å². The fraction of sp³-hybridized carbons (Fsp3) is 1.00. The van der Waals surface area contributed by atoms with Gasteiger partial charge in [-0.05, 0) is 41.9 Å². The Balaban J connectivity index is 4.41. The summed E-state index contributed by atoms with van der Waals surface area (Å²) in [4.78, 5) is 0. The van der Waals surface area contributed by atoms with Crippen molar-refractivity contribution in [2.24, 2.45) is 5.41 Å². The molecule has 114 valence electrons. The highest BCUT2D eigenvalue weighted by molar-refractivity contribution is 14.1. The van der Waals surface area contributed by atoms with Crippen molar-refractivity contribution in [1.82, 2.24) is 0 Å². The van der Waals surface area contributed by atoms with Crippen LogP contribution < -0.4 is 0 Å². The molecule has 0 radical (unpaired) electrons. The number of rotatable bonds is 12. The van der Waals surface area contributed by atoms with Gasteiger partial charge < -0.3 is 5.11 Å². The number of aliphatic hydroxyl groups is 1. The van der Waals surface area contributed by atoms with E-state index in [1.165, 1.54) is 51.4 Å². The molecule has 19 heavy (non-hydrogen) atoms. The van der Waals surface area contributed by atoms with Gasteiger partial charge >= 0.3 is 0 Å². The Morgan fingerprint density at radius 2 is 1.42 bits per heavy atom. The van der Waals surface area contributed by atoms with Crippen LogP contribution in [0.1, 0.15) is 85.0 Å². The Bertz CT molecular complexity index is 221. The van der Waals surface area contributed by atoms with Crippen LogP contribution in [0.2, 0.25) is 6.32 Å². The number of hydrogen-bond donors (Lipinski definition) is 1. The van der Waals surface area contributed by atoms with Gasteiger partial charge in [-0.25, -0.2) is 0 Å². The standard InChI is InChI=1S/C16H34BIO/c1-4-6-8-9-10-12-15(3,11-7-5-2)16(18,19)13-14-17/h19H,4-14,17H2,1-3H3/t15?,16-/m0/s1. The third-order valence-corrected chi connectivity index (χ3v) is 6.26. The van der Waals surface area contributed by atoms with Gasteiger partial charge in [0, 0.05) is 5.41 Å². The summed E-state index contributed by atoms with van der Waals surface area (Å²) in [6.45, 7) is 6.81. The van der Waals surface area contributed by atoms with Gasteiger partial charge in [-0.2, -0.15) is 0 Å². The quantitative estimate of drug-likeness (QED) is 0.216. The topological polar surface area (TPSA) is 20.2 Å². The van der Waals surface area contributed by atoms with Crippen molar-refractivity contribution in [3.63, 3.8) is 0 Å². The molecule has 0 rings (SSSR count). The van der Waals surface area contributed by atoms with Gasteiger partial charge in [0.05, 0.1) is 0 Å². The van der Waals surface area contributed by atoms with Gasteiger partial charge in [0.1, 0.15) is 11.5 Å². The summed E-state index contributed by atoms with van der Waals surface area (Å²) in [5, 5.41) is 10.8. The molecule has 1 nitrogen and oxygen atoms in total. The van der Waals surface area contributed by atoms with E-state index in [1.54, 1.807) is 0 Å². The van der Waals surface area contributed by atoms with E-state index < -0.39 is 3.61 Å². The van der Waals surface area contributed by atoms with Crippen molar-refractivity contribution in [3.8, 4) is 0 Å². The van der Waals surface area contributed by atoms with Gasteiger partial charge in [-0.3, -0.25) is 0 Å². The Labute approximate surface area is 135 Å². The fourth-order valence-corrected chi connectivity index (χ4v) is 3.91. The molecule has 0 heterocycles. The highest BCUT2D eigenvalue weighted by Crippen LogP contribution is 2.47. The van der Waals surface area contributed by atoms with E-state index >= 15 is 0 Å². The van der Waals surface area contributed by atoms with E-state index in [0.29, 0.717) is 0 Å². The lowest BCUT2D eigenvalue weighted by Gasteiger charge is -2.42. The maximum Gasteiger partial charge on any atom is 0.120 e. The molecular weight excluding hydrogens is 346 g/mol. The monoisotopic (exact) mass is 380 g/mol. The SMILES string of the molecule is BCC[C@@](O)(I)C(C)(CCCC)CCCCCCC. The Hall–Kier alpha value is 0.755. The lowest BCUT2D eigenvalue weighted by molar-refractivity contribution is 0.00255. The largest absolute Gasteiger partial charge is 0.379 e. The molecule has 3 heteroatoms. The minimum atomic E-state index is -0.528. The summed E-state index contributed by atoms with van der Waals surface area (Å²) in [6, 6.07) is 0. The maximum atomic E-state index is 10.8. The predicted molar refractivity (Wildman–Crippen MR) is 97.9 cm³/mol. The average molecular weight is 380 g/mol. The zero-order valence-corrected chi connectivity index (χ0v) is 15.8. The highest BCUT2D eigenvalue weighted by Gasteiger charge is 2.42. The van der Waals surface area contributed by atoms with Gasteiger partial charge in [0.2, 0.25) is 0 Å². The van der Waals surface area contributed by atoms with Crippen LogP contribution in [0, 0.1) is 5.41 Å². The van der Waals surface area contributed by atoms with Crippen molar-refractivity contribution in [2.75, 3.05) is 0 Å². The average Bonchev–Trinajstić information content (AvgIpc) is 2.36. The molecule has 1 N–H and O–H groups in total. The molecule has 0 saturated heterocycles. The molecule has 0 aromatic rings. The molecule has 0 bridgehead atoms. The Kier molecular flexibility index (Phi) is 10.9. The van der Waals surface area contributed by atoms with E-state index in [1.807, 2.05) is 0 Å². The first-order valence-corrected chi connectivity index (χ1v) is 9.42.